The van der Waals surface area contributed by atoms with Gasteiger partial charge in [-0.25, -0.2) is 4.79 Å². The van der Waals surface area contributed by atoms with Crippen LogP contribution < -0.4 is 5.73 Å². The fourth-order valence-electron chi connectivity index (χ4n) is 2.38. The van der Waals surface area contributed by atoms with Crippen molar-refractivity contribution >= 4 is 34.3 Å². The topological polar surface area (TPSA) is 68.1 Å². The molecule has 0 spiro atoms. The second kappa shape index (κ2) is 5.77. The minimum atomic E-state index is -0.328. The lowest BCUT2D eigenvalue weighted by atomic mass is 10.2. The van der Waals surface area contributed by atoms with E-state index in [1.807, 2.05) is 43.3 Å². The van der Waals surface area contributed by atoms with Crippen LogP contribution in [0.3, 0.4) is 0 Å². The Labute approximate surface area is 132 Å². The Morgan fingerprint density at radius 3 is 2.82 bits per heavy atom. The lowest BCUT2D eigenvalue weighted by Gasteiger charge is -2.04. The van der Waals surface area contributed by atoms with Crippen LogP contribution >= 0.6 is 11.8 Å². The minimum absolute atomic E-state index is 0.328. The van der Waals surface area contributed by atoms with Gasteiger partial charge in [0.05, 0.1) is 12.7 Å². The highest BCUT2D eigenvalue weighted by Gasteiger charge is 2.12. The maximum Gasteiger partial charge on any atom is 0.337 e. The summed E-state index contributed by atoms with van der Waals surface area (Å²) in [5.41, 5.74) is 9.21. The number of esters is 1. The Bertz CT molecular complexity index is 855. The summed E-state index contributed by atoms with van der Waals surface area (Å²) in [7, 11) is 1.39. The van der Waals surface area contributed by atoms with E-state index in [-0.39, 0.29) is 5.97 Å². The van der Waals surface area contributed by atoms with Crippen molar-refractivity contribution in [2.24, 2.45) is 0 Å². The van der Waals surface area contributed by atoms with E-state index < -0.39 is 0 Å². The normalized spacial score (nSPS) is 10.8. The van der Waals surface area contributed by atoms with Crippen LogP contribution in [0.5, 0.6) is 0 Å². The van der Waals surface area contributed by atoms with Crippen molar-refractivity contribution in [2.75, 3.05) is 12.8 Å². The number of hydrogen-bond donors (Lipinski definition) is 2. The van der Waals surface area contributed by atoms with Gasteiger partial charge in [-0.2, -0.15) is 0 Å². The number of nitrogens with one attached hydrogen (secondary N) is 1. The first-order chi connectivity index (χ1) is 10.6. The predicted molar refractivity (Wildman–Crippen MR) is 89.4 cm³/mol. The average molecular weight is 312 g/mol. The molecule has 3 rings (SSSR count). The van der Waals surface area contributed by atoms with Crippen LogP contribution in [0.1, 0.15) is 16.1 Å². The Balaban J connectivity index is 2.00. The first-order valence-electron chi connectivity index (χ1n) is 6.82. The summed E-state index contributed by atoms with van der Waals surface area (Å²) in [5.74, 6) is -0.328. The number of aryl methyl sites for hydroxylation is 1. The van der Waals surface area contributed by atoms with Crippen LogP contribution in [0, 0.1) is 6.92 Å². The van der Waals surface area contributed by atoms with Crippen LogP contribution in [-0.2, 0) is 4.74 Å². The second-order valence-electron chi connectivity index (χ2n) is 5.01. The summed E-state index contributed by atoms with van der Waals surface area (Å²) in [6.07, 6.45) is 0. The molecule has 0 aliphatic heterocycles. The molecular formula is C17H16N2O2S. The fourth-order valence-corrected chi connectivity index (χ4v) is 3.44. The first kappa shape index (κ1) is 14.5. The summed E-state index contributed by atoms with van der Waals surface area (Å²) >= 11 is 1.62. The number of methoxy groups -OCH3 is 1. The molecule has 0 saturated heterocycles. The quantitative estimate of drug-likeness (QED) is 0.566. The molecule has 0 radical (unpaired) electrons. The second-order valence-corrected chi connectivity index (χ2v) is 6.09. The van der Waals surface area contributed by atoms with Crippen molar-refractivity contribution in [1.82, 2.24) is 4.98 Å². The number of hydrogen-bond acceptors (Lipinski definition) is 4. The largest absolute Gasteiger partial charge is 0.465 e. The van der Waals surface area contributed by atoms with E-state index >= 15 is 0 Å². The van der Waals surface area contributed by atoms with Gasteiger partial charge in [0.15, 0.2) is 0 Å². The summed E-state index contributed by atoms with van der Waals surface area (Å²) in [5, 5.41) is 1.13. The molecule has 112 valence electrons. The van der Waals surface area contributed by atoms with E-state index in [1.54, 1.807) is 17.8 Å². The van der Waals surface area contributed by atoms with E-state index in [4.69, 9.17) is 10.5 Å². The van der Waals surface area contributed by atoms with Crippen LogP contribution in [0.15, 0.2) is 52.3 Å². The monoisotopic (exact) mass is 312 g/mol. The molecule has 1 heterocycles. The molecule has 3 N–H and O–H groups in total. The number of rotatable bonds is 3. The van der Waals surface area contributed by atoms with Gasteiger partial charge in [0.25, 0.3) is 0 Å². The minimum Gasteiger partial charge on any atom is -0.465 e. The van der Waals surface area contributed by atoms with Crippen molar-refractivity contribution in [1.29, 1.82) is 0 Å². The molecule has 3 aromatic rings. The number of carbonyl (C=O) groups excluding carboxylic acids is 1. The smallest absolute Gasteiger partial charge is 0.337 e. The van der Waals surface area contributed by atoms with Gasteiger partial charge in [-0.3, -0.25) is 0 Å². The van der Waals surface area contributed by atoms with Crippen LogP contribution in [0.25, 0.3) is 10.9 Å². The molecule has 0 atom stereocenters. The molecule has 0 fully saturated rings. The molecule has 2 aromatic carbocycles. The average Bonchev–Trinajstić information content (AvgIpc) is 2.82. The zero-order valence-electron chi connectivity index (χ0n) is 12.3. The highest BCUT2D eigenvalue weighted by molar-refractivity contribution is 7.99. The van der Waals surface area contributed by atoms with Gasteiger partial charge in [-0.15, -0.1) is 0 Å². The number of anilines is 1. The lowest BCUT2D eigenvalue weighted by Crippen LogP contribution is -2.00. The van der Waals surface area contributed by atoms with Gasteiger partial charge < -0.3 is 15.5 Å². The number of nitrogen functional groups attached to an aromatic ring is 1. The number of aromatic nitrogens is 1. The van der Waals surface area contributed by atoms with Crippen molar-refractivity contribution in [3.8, 4) is 0 Å². The Kier molecular flexibility index (Phi) is 3.81. The molecule has 5 heteroatoms. The maximum absolute atomic E-state index is 11.6. The number of fused-ring (bicyclic) bond motifs is 1. The summed E-state index contributed by atoms with van der Waals surface area (Å²) in [6.45, 7) is 2.03. The molecule has 4 nitrogen and oxygen atoms in total. The molecule has 0 aliphatic carbocycles. The molecule has 0 aliphatic rings. The summed E-state index contributed by atoms with van der Waals surface area (Å²) in [4.78, 5) is 17.1. The number of aromatic amines is 1. The Hall–Kier alpha value is -2.40. The van der Waals surface area contributed by atoms with E-state index in [2.05, 4.69) is 4.98 Å². The van der Waals surface area contributed by atoms with Crippen molar-refractivity contribution in [3.05, 3.63) is 53.7 Å². The van der Waals surface area contributed by atoms with Gasteiger partial charge >= 0.3 is 5.97 Å². The van der Waals surface area contributed by atoms with E-state index in [1.165, 1.54) is 7.11 Å². The third kappa shape index (κ3) is 2.67. The molecule has 0 amide bonds. The van der Waals surface area contributed by atoms with Gasteiger partial charge in [0.1, 0.15) is 0 Å². The zero-order chi connectivity index (χ0) is 15.7. The number of carbonyl (C=O) groups is 1. The third-order valence-electron chi connectivity index (χ3n) is 3.43. The number of benzene rings is 2. The standard InChI is InChI=1S/C17H16N2O2S/c1-10-16(14-7-6-12(18)9-15(14)19-10)22-13-5-3-4-11(8-13)17(20)21-2/h3-9,19H,18H2,1-2H3. The fraction of sp³-hybridized carbons (Fsp3) is 0.118. The highest BCUT2D eigenvalue weighted by Crippen LogP contribution is 2.37. The molecule has 0 bridgehead atoms. The maximum atomic E-state index is 11.6. The SMILES string of the molecule is COC(=O)c1cccc(Sc2c(C)[nH]c3cc(N)ccc23)c1. The van der Waals surface area contributed by atoms with Gasteiger partial charge in [-0.1, -0.05) is 17.8 Å². The Morgan fingerprint density at radius 1 is 1.23 bits per heavy atom. The van der Waals surface area contributed by atoms with E-state index in [0.29, 0.717) is 5.56 Å². The van der Waals surface area contributed by atoms with Crippen LogP contribution in [-0.4, -0.2) is 18.1 Å². The zero-order valence-corrected chi connectivity index (χ0v) is 13.2. The Morgan fingerprint density at radius 2 is 2.05 bits per heavy atom. The molecular weight excluding hydrogens is 296 g/mol. The molecule has 0 saturated carbocycles. The summed E-state index contributed by atoms with van der Waals surface area (Å²) in [6, 6.07) is 13.3. The molecule has 22 heavy (non-hydrogen) atoms. The third-order valence-corrected chi connectivity index (χ3v) is 4.65. The van der Waals surface area contributed by atoms with Crippen molar-refractivity contribution in [3.63, 3.8) is 0 Å². The molecule has 1 aromatic heterocycles. The lowest BCUT2D eigenvalue weighted by molar-refractivity contribution is 0.0600. The summed E-state index contributed by atoms with van der Waals surface area (Å²) < 4.78 is 4.77. The van der Waals surface area contributed by atoms with Crippen molar-refractivity contribution in [2.45, 2.75) is 16.7 Å². The van der Waals surface area contributed by atoms with Gasteiger partial charge in [0.2, 0.25) is 0 Å². The first-order valence-corrected chi connectivity index (χ1v) is 7.64. The van der Waals surface area contributed by atoms with Gasteiger partial charge in [0, 0.05) is 32.1 Å². The predicted octanol–water partition coefficient (Wildman–Crippen LogP) is 4.00. The molecule has 0 unspecified atom stereocenters. The van der Waals surface area contributed by atoms with Crippen molar-refractivity contribution < 1.29 is 9.53 Å². The van der Waals surface area contributed by atoms with E-state index in [9.17, 15) is 4.79 Å². The highest BCUT2D eigenvalue weighted by atomic mass is 32.2. The number of nitrogens with two attached hydrogens (primary N) is 1. The number of ether oxygens (including phenoxy) is 1. The van der Waals surface area contributed by atoms with Gasteiger partial charge in [-0.05, 0) is 43.3 Å². The number of H-pyrrole nitrogens is 1. The van der Waals surface area contributed by atoms with Crippen LogP contribution in [0.4, 0.5) is 5.69 Å². The van der Waals surface area contributed by atoms with E-state index in [0.717, 1.165) is 32.1 Å². The van der Waals surface area contributed by atoms with Crippen LogP contribution in [0.2, 0.25) is 0 Å².